The molecule has 3 heterocycles. The summed E-state index contributed by atoms with van der Waals surface area (Å²) in [6, 6.07) is 4.14. The number of benzene rings is 1. The first-order chi connectivity index (χ1) is 18.2. The average Bonchev–Trinajstić information content (AvgIpc) is 3.24. The van der Waals surface area contributed by atoms with Crippen molar-refractivity contribution in [2.75, 3.05) is 19.3 Å². The van der Waals surface area contributed by atoms with Crippen LogP contribution in [0.1, 0.15) is 46.9 Å². The summed E-state index contributed by atoms with van der Waals surface area (Å²) in [5, 5.41) is 3.16. The normalized spacial score (nSPS) is 19.3. The largest absolute Gasteiger partial charge is 0.448 e. The lowest BCUT2D eigenvalue weighted by Crippen LogP contribution is -2.50. The molecule has 1 fully saturated rings. The number of ether oxygens (including phenoxy) is 2. The molecular weight excluding hydrogens is 554 g/mol. The second kappa shape index (κ2) is 11.2. The maximum Gasteiger partial charge on any atom is 0.254 e. The zero-order valence-electron chi connectivity index (χ0n) is 23.7. The number of H-pyrrole nitrogens is 1. The molecule has 0 radical (unpaired) electrons. The minimum atomic E-state index is -1.47. The van der Waals surface area contributed by atoms with Crippen molar-refractivity contribution in [2.24, 2.45) is 5.92 Å². The molecule has 1 aromatic heterocycles. The van der Waals surface area contributed by atoms with Gasteiger partial charge in [-0.1, -0.05) is 31.2 Å². The van der Waals surface area contributed by atoms with Crippen molar-refractivity contribution in [3.8, 4) is 11.5 Å². The minimum absolute atomic E-state index is 0.0619. The van der Waals surface area contributed by atoms with Crippen molar-refractivity contribution in [1.29, 1.82) is 0 Å². The van der Waals surface area contributed by atoms with E-state index in [4.69, 9.17) is 21.1 Å². The number of amides is 2. The zero-order chi connectivity index (χ0) is 28.7. The fourth-order valence-electron chi connectivity index (χ4n) is 5.27. The highest BCUT2D eigenvalue weighted by molar-refractivity contribution is 7.98. The van der Waals surface area contributed by atoms with Crippen LogP contribution < -0.4 is 20.3 Å². The number of carbonyl (C=O) groups excluding carboxylic acids is 2. The molecule has 0 bridgehead atoms. The lowest BCUT2D eigenvalue weighted by atomic mass is 9.89. The molecule has 212 valence electrons. The Kier molecular flexibility index (Phi) is 8.49. The average molecular weight is 592 g/mol. The predicted molar refractivity (Wildman–Crippen MR) is 158 cm³/mol. The van der Waals surface area contributed by atoms with E-state index in [1.165, 1.54) is 11.8 Å². The second-order valence-electron chi connectivity index (χ2n) is 11.8. The van der Waals surface area contributed by atoms with Crippen LogP contribution >= 0.6 is 23.4 Å². The Bertz CT molecular complexity index is 1350. The third-order valence-corrected chi connectivity index (χ3v) is 9.89. The number of nitrogens with zero attached hydrogens (tertiary/aromatic N) is 1. The molecule has 1 aromatic carbocycles. The smallest absolute Gasteiger partial charge is 0.254 e. The first-order valence-corrected chi connectivity index (χ1v) is 18.6. The number of aromatic nitrogens is 1. The van der Waals surface area contributed by atoms with Gasteiger partial charge in [-0.2, -0.15) is 0 Å². The number of aromatic amines is 1. The number of piperidine rings is 1. The van der Waals surface area contributed by atoms with E-state index in [1.807, 2.05) is 38.0 Å². The highest BCUT2D eigenvalue weighted by atomic mass is 35.5. The highest BCUT2D eigenvalue weighted by Crippen LogP contribution is 2.51. The third kappa shape index (κ3) is 6.33. The van der Waals surface area contributed by atoms with Crippen LogP contribution in [0.5, 0.6) is 11.5 Å². The topological polar surface area (TPSA) is 101 Å². The van der Waals surface area contributed by atoms with Gasteiger partial charge in [0.25, 0.3) is 17.3 Å². The molecule has 1 atom stereocenters. The summed E-state index contributed by atoms with van der Waals surface area (Å²) in [4.78, 5) is 44.0. The van der Waals surface area contributed by atoms with E-state index in [2.05, 4.69) is 29.9 Å². The van der Waals surface area contributed by atoms with E-state index in [1.54, 1.807) is 6.07 Å². The van der Waals surface area contributed by atoms with Crippen LogP contribution in [0.15, 0.2) is 21.8 Å². The van der Waals surface area contributed by atoms with Crippen LogP contribution in [-0.2, 0) is 11.3 Å². The number of pyridine rings is 1. The number of fused-ring (bicyclic) bond motifs is 1. The minimum Gasteiger partial charge on any atom is -0.448 e. The Labute approximate surface area is 240 Å². The fraction of sp³-hybridized carbons (Fsp3) is 0.536. The van der Waals surface area contributed by atoms with Gasteiger partial charge in [0.15, 0.2) is 11.5 Å². The van der Waals surface area contributed by atoms with Gasteiger partial charge < -0.3 is 24.7 Å². The molecule has 1 saturated heterocycles. The summed E-state index contributed by atoms with van der Waals surface area (Å²) < 4.78 is 12.7. The maximum absolute atomic E-state index is 13.2. The molecule has 11 heteroatoms. The Morgan fingerprint density at radius 1 is 1.18 bits per heavy atom. The van der Waals surface area contributed by atoms with Crippen molar-refractivity contribution in [3.05, 3.63) is 49.9 Å². The molecule has 0 aliphatic carbocycles. The lowest BCUT2D eigenvalue weighted by Gasteiger charge is -2.39. The third-order valence-electron chi connectivity index (χ3n) is 7.44. The van der Waals surface area contributed by atoms with Crippen LogP contribution in [-0.4, -0.2) is 54.9 Å². The van der Waals surface area contributed by atoms with E-state index in [-0.39, 0.29) is 29.8 Å². The SMILES string of the molecule is CSc1cc(C)[nH]c(=O)c1CNC(=O)c1cc(Cl)c2c(c1C)O[C@@](C)(C1CCN(C(=O)C[Si](C)(C)C)CC1)O2. The fourth-order valence-corrected chi connectivity index (χ4v) is 7.34. The van der Waals surface area contributed by atoms with Crippen molar-refractivity contribution in [1.82, 2.24) is 15.2 Å². The molecule has 2 aliphatic rings. The van der Waals surface area contributed by atoms with E-state index >= 15 is 0 Å². The summed E-state index contributed by atoms with van der Waals surface area (Å²) in [6.07, 6.45) is 3.41. The van der Waals surface area contributed by atoms with Gasteiger partial charge in [0.2, 0.25) is 5.91 Å². The lowest BCUT2D eigenvalue weighted by molar-refractivity contribution is -0.141. The number of hydrogen-bond acceptors (Lipinski definition) is 6. The number of nitrogens with one attached hydrogen (secondary N) is 2. The molecule has 2 N–H and O–H groups in total. The maximum atomic E-state index is 13.2. The Morgan fingerprint density at radius 2 is 1.82 bits per heavy atom. The molecule has 2 aliphatic heterocycles. The van der Waals surface area contributed by atoms with Gasteiger partial charge in [0.05, 0.1) is 13.1 Å². The second-order valence-corrected chi connectivity index (χ2v) is 18.5. The van der Waals surface area contributed by atoms with Gasteiger partial charge in [0, 0.05) is 65.8 Å². The number of thioether (sulfide) groups is 1. The van der Waals surface area contributed by atoms with E-state index < -0.39 is 13.9 Å². The quantitative estimate of drug-likeness (QED) is 0.332. The van der Waals surface area contributed by atoms with Crippen LogP contribution in [0, 0.1) is 19.8 Å². The summed E-state index contributed by atoms with van der Waals surface area (Å²) in [7, 11) is -1.47. The van der Waals surface area contributed by atoms with Crippen molar-refractivity contribution >= 4 is 43.3 Å². The number of carbonyl (C=O) groups is 2. The number of rotatable bonds is 7. The first kappa shape index (κ1) is 29.5. The summed E-state index contributed by atoms with van der Waals surface area (Å²) in [6.45, 7) is 13.6. The summed E-state index contributed by atoms with van der Waals surface area (Å²) in [5.74, 6) is -0.0959. The van der Waals surface area contributed by atoms with E-state index in [9.17, 15) is 14.4 Å². The molecule has 4 rings (SSSR count). The van der Waals surface area contributed by atoms with Crippen LogP contribution in [0.4, 0.5) is 0 Å². The van der Waals surface area contributed by atoms with Gasteiger partial charge in [-0.25, -0.2) is 0 Å². The molecule has 0 unspecified atom stereocenters. The van der Waals surface area contributed by atoms with E-state index in [0.29, 0.717) is 52.3 Å². The zero-order valence-corrected chi connectivity index (χ0v) is 26.3. The Balaban J connectivity index is 1.47. The molecule has 8 nitrogen and oxygen atoms in total. The Hall–Kier alpha value is -2.43. The number of aryl methyl sites for hydroxylation is 1. The first-order valence-electron chi connectivity index (χ1n) is 13.3. The molecule has 0 spiro atoms. The van der Waals surface area contributed by atoms with Gasteiger partial charge in [-0.05, 0) is 45.1 Å². The monoisotopic (exact) mass is 591 g/mol. The summed E-state index contributed by atoms with van der Waals surface area (Å²) in [5.41, 5.74) is 2.05. The molecular formula is C28H38ClN3O5SSi. The highest BCUT2D eigenvalue weighted by Gasteiger charge is 2.47. The summed E-state index contributed by atoms with van der Waals surface area (Å²) >= 11 is 8.06. The standard InChI is InChI=1S/C28H38ClN3O5SSi/c1-16-12-22(38-4)20(27(35)31-16)14-30-26(34)19-13-21(29)25-24(17(19)2)36-28(3,37-25)18-8-10-32(11-9-18)23(33)15-39(5,6)7/h12-13,18H,8-11,14-15H2,1-7H3,(H,30,34)(H,31,35)/t28-/m1/s1. The van der Waals surface area contributed by atoms with Crippen LogP contribution in [0.2, 0.25) is 30.7 Å². The predicted octanol–water partition coefficient (Wildman–Crippen LogP) is 5.36. The Morgan fingerprint density at radius 3 is 2.44 bits per heavy atom. The van der Waals surface area contributed by atoms with Gasteiger partial charge in [-0.15, -0.1) is 11.8 Å². The molecule has 2 amide bonds. The van der Waals surface area contributed by atoms with Crippen molar-refractivity contribution < 1.29 is 19.1 Å². The van der Waals surface area contributed by atoms with Gasteiger partial charge in [-0.3, -0.25) is 14.4 Å². The van der Waals surface area contributed by atoms with Gasteiger partial charge in [0.1, 0.15) is 0 Å². The molecule has 0 saturated carbocycles. The number of likely N-dealkylation sites (tertiary alicyclic amines) is 1. The van der Waals surface area contributed by atoms with Crippen molar-refractivity contribution in [2.45, 2.75) is 76.5 Å². The molecule has 39 heavy (non-hydrogen) atoms. The number of halogens is 1. The van der Waals surface area contributed by atoms with Crippen LogP contribution in [0.25, 0.3) is 0 Å². The molecule has 2 aromatic rings. The van der Waals surface area contributed by atoms with Crippen molar-refractivity contribution in [3.63, 3.8) is 0 Å². The van der Waals surface area contributed by atoms with Gasteiger partial charge >= 0.3 is 0 Å². The number of hydrogen-bond donors (Lipinski definition) is 2. The van der Waals surface area contributed by atoms with Crippen LogP contribution in [0.3, 0.4) is 0 Å². The van der Waals surface area contributed by atoms with E-state index in [0.717, 1.165) is 23.4 Å².